The molecule has 0 bridgehead atoms. The highest BCUT2D eigenvalue weighted by molar-refractivity contribution is 6.15. The van der Waals surface area contributed by atoms with Crippen LogP contribution < -0.4 is 14.4 Å². The Morgan fingerprint density at radius 3 is 2.07 bits per heavy atom. The summed E-state index contributed by atoms with van der Waals surface area (Å²) in [4.78, 5) is 14.9. The van der Waals surface area contributed by atoms with E-state index in [0.717, 1.165) is 0 Å². The van der Waals surface area contributed by atoms with Gasteiger partial charge in [0.25, 0.3) is 0 Å². The van der Waals surface area contributed by atoms with Crippen LogP contribution in [0.4, 0.5) is 11.4 Å². The van der Waals surface area contributed by atoms with Crippen molar-refractivity contribution in [2.24, 2.45) is 0 Å². The minimum atomic E-state index is -1.96. The van der Waals surface area contributed by atoms with Crippen molar-refractivity contribution >= 4 is 17.2 Å². The van der Waals surface area contributed by atoms with Crippen molar-refractivity contribution in [2.45, 2.75) is 5.72 Å². The molecule has 6 nitrogen and oxygen atoms in total. The van der Waals surface area contributed by atoms with E-state index in [0.29, 0.717) is 34.0 Å². The number of aliphatic hydroxyl groups is 1. The molecule has 4 rings (SSSR count). The third-order valence-electron chi connectivity index (χ3n) is 4.93. The average molecular weight is 377 g/mol. The number of benzene rings is 3. The largest absolute Gasteiger partial charge is 0.508 e. The number of nitrogens with zero attached hydrogens (tertiary/aromatic N) is 1. The van der Waals surface area contributed by atoms with Gasteiger partial charge in [-0.15, -0.1) is 0 Å². The van der Waals surface area contributed by atoms with Gasteiger partial charge < -0.3 is 24.6 Å². The lowest BCUT2D eigenvalue weighted by atomic mass is 9.96. The van der Waals surface area contributed by atoms with E-state index in [2.05, 4.69) is 0 Å². The number of ether oxygens (including phenoxy) is 2. The first-order valence-electron chi connectivity index (χ1n) is 8.68. The molecule has 0 radical (unpaired) electrons. The molecule has 6 heteroatoms. The zero-order chi connectivity index (χ0) is 19.9. The fraction of sp³-hybridized carbons (Fsp3) is 0.136. The molecular formula is C22H19NO5. The summed E-state index contributed by atoms with van der Waals surface area (Å²) in [6, 6.07) is 18.1. The van der Waals surface area contributed by atoms with Crippen LogP contribution >= 0.6 is 0 Å². The molecule has 2 N–H and O–H groups in total. The third-order valence-corrected chi connectivity index (χ3v) is 4.93. The number of phenolic OH excluding ortho intramolecular Hbond substituents is 1. The van der Waals surface area contributed by atoms with E-state index in [1.807, 2.05) is 0 Å². The maximum absolute atomic E-state index is 13.3. The first-order valence-corrected chi connectivity index (χ1v) is 8.68. The summed E-state index contributed by atoms with van der Waals surface area (Å²) in [7, 11) is 3.11. The van der Waals surface area contributed by atoms with Crippen molar-refractivity contribution in [1.82, 2.24) is 0 Å². The second-order valence-electron chi connectivity index (χ2n) is 6.46. The van der Waals surface area contributed by atoms with Crippen molar-refractivity contribution in [2.75, 3.05) is 19.1 Å². The molecule has 0 aliphatic carbocycles. The van der Waals surface area contributed by atoms with Gasteiger partial charge in [-0.2, -0.15) is 0 Å². The molecule has 142 valence electrons. The summed E-state index contributed by atoms with van der Waals surface area (Å²) >= 11 is 0. The SMILES string of the molecule is COc1ccc(N2c3cc(OC)ccc3C(=O)C2(O)c2ccc(O)cc2)cc1. The highest BCUT2D eigenvalue weighted by Gasteiger charge is 2.52. The van der Waals surface area contributed by atoms with Gasteiger partial charge in [0.05, 0.1) is 19.9 Å². The van der Waals surface area contributed by atoms with Crippen molar-refractivity contribution in [3.8, 4) is 17.2 Å². The molecule has 0 saturated heterocycles. The van der Waals surface area contributed by atoms with E-state index in [4.69, 9.17) is 9.47 Å². The van der Waals surface area contributed by atoms with Gasteiger partial charge in [0, 0.05) is 22.9 Å². The lowest BCUT2D eigenvalue weighted by molar-refractivity contribution is 0.0378. The Morgan fingerprint density at radius 1 is 0.857 bits per heavy atom. The zero-order valence-electron chi connectivity index (χ0n) is 15.4. The van der Waals surface area contributed by atoms with Crippen LogP contribution in [0.25, 0.3) is 0 Å². The molecule has 28 heavy (non-hydrogen) atoms. The van der Waals surface area contributed by atoms with Gasteiger partial charge in [0.1, 0.15) is 17.2 Å². The predicted octanol–water partition coefficient (Wildman–Crippen LogP) is 3.59. The normalized spacial score (nSPS) is 18.1. The van der Waals surface area contributed by atoms with E-state index < -0.39 is 11.5 Å². The molecule has 1 aliphatic heterocycles. The smallest absolute Gasteiger partial charge is 0.234 e. The number of fused-ring (bicyclic) bond motifs is 1. The van der Waals surface area contributed by atoms with Gasteiger partial charge in [-0.3, -0.25) is 4.79 Å². The van der Waals surface area contributed by atoms with E-state index in [1.54, 1.807) is 61.6 Å². The predicted molar refractivity (Wildman–Crippen MR) is 104 cm³/mol. The van der Waals surface area contributed by atoms with E-state index in [9.17, 15) is 15.0 Å². The highest BCUT2D eigenvalue weighted by Crippen LogP contribution is 2.49. The third kappa shape index (κ3) is 2.58. The Labute approximate surface area is 162 Å². The van der Waals surface area contributed by atoms with Gasteiger partial charge in [-0.1, -0.05) is 12.1 Å². The van der Waals surface area contributed by atoms with Gasteiger partial charge in [0.2, 0.25) is 11.5 Å². The van der Waals surface area contributed by atoms with Crippen LogP contribution in [-0.4, -0.2) is 30.2 Å². The average Bonchev–Trinajstić information content (AvgIpc) is 2.96. The van der Waals surface area contributed by atoms with Crippen LogP contribution in [0.1, 0.15) is 15.9 Å². The topological polar surface area (TPSA) is 79.2 Å². The van der Waals surface area contributed by atoms with Crippen molar-refractivity contribution < 1.29 is 24.5 Å². The Morgan fingerprint density at radius 2 is 1.46 bits per heavy atom. The lowest BCUT2D eigenvalue weighted by Gasteiger charge is -2.34. The zero-order valence-corrected chi connectivity index (χ0v) is 15.4. The Kier molecular flexibility index (Phi) is 4.20. The van der Waals surface area contributed by atoms with Crippen LogP contribution in [0.3, 0.4) is 0 Å². The summed E-state index contributed by atoms with van der Waals surface area (Å²) in [5.74, 6) is 0.827. The van der Waals surface area contributed by atoms with Crippen LogP contribution in [0, 0.1) is 0 Å². The number of Topliss-reactive ketones (excluding diaryl/α,β-unsaturated/α-hetero) is 1. The molecule has 0 fully saturated rings. The number of aromatic hydroxyl groups is 1. The number of hydrogen-bond donors (Lipinski definition) is 2. The maximum Gasteiger partial charge on any atom is 0.234 e. The molecule has 0 spiro atoms. The molecule has 1 heterocycles. The number of carbonyl (C=O) groups is 1. The molecule has 1 unspecified atom stereocenters. The molecule has 1 atom stereocenters. The summed E-state index contributed by atoms with van der Waals surface area (Å²) in [5.41, 5.74) is -0.0907. The Hall–Kier alpha value is -3.51. The van der Waals surface area contributed by atoms with Gasteiger partial charge in [0.15, 0.2) is 0 Å². The van der Waals surface area contributed by atoms with E-state index in [1.165, 1.54) is 24.3 Å². The summed E-state index contributed by atoms with van der Waals surface area (Å²) in [6.07, 6.45) is 0. The minimum Gasteiger partial charge on any atom is -0.508 e. The molecule has 3 aromatic rings. The Balaban J connectivity index is 1.95. The number of methoxy groups -OCH3 is 2. The summed E-state index contributed by atoms with van der Waals surface area (Å²) < 4.78 is 10.5. The van der Waals surface area contributed by atoms with Crippen molar-refractivity contribution in [3.63, 3.8) is 0 Å². The van der Waals surface area contributed by atoms with Crippen LogP contribution in [-0.2, 0) is 5.72 Å². The van der Waals surface area contributed by atoms with E-state index in [-0.39, 0.29) is 5.75 Å². The summed E-state index contributed by atoms with van der Waals surface area (Å²) in [6.45, 7) is 0. The number of rotatable bonds is 4. The maximum atomic E-state index is 13.3. The molecule has 0 aromatic heterocycles. The number of anilines is 2. The standard InChI is InChI=1S/C22H19NO5/c1-27-17-9-5-15(6-10-17)23-20-13-18(28-2)11-12-19(20)21(25)22(23,26)14-3-7-16(24)8-4-14/h3-13,24,26H,1-2H3. The fourth-order valence-corrected chi connectivity index (χ4v) is 3.49. The van der Waals surface area contributed by atoms with Gasteiger partial charge in [-0.25, -0.2) is 0 Å². The fourth-order valence-electron chi connectivity index (χ4n) is 3.49. The molecular weight excluding hydrogens is 358 g/mol. The van der Waals surface area contributed by atoms with Crippen molar-refractivity contribution in [1.29, 1.82) is 0 Å². The quantitative estimate of drug-likeness (QED) is 0.723. The van der Waals surface area contributed by atoms with Crippen LogP contribution in [0.15, 0.2) is 66.7 Å². The number of carbonyl (C=O) groups excluding carboxylic acids is 1. The second-order valence-corrected chi connectivity index (χ2v) is 6.46. The van der Waals surface area contributed by atoms with Gasteiger partial charge >= 0.3 is 0 Å². The van der Waals surface area contributed by atoms with Crippen molar-refractivity contribution in [3.05, 3.63) is 77.9 Å². The van der Waals surface area contributed by atoms with E-state index >= 15 is 0 Å². The molecule has 3 aromatic carbocycles. The minimum absolute atomic E-state index is 0.0491. The number of ketones is 1. The highest BCUT2D eigenvalue weighted by atomic mass is 16.5. The molecule has 0 amide bonds. The molecule has 0 saturated carbocycles. The number of hydrogen-bond acceptors (Lipinski definition) is 6. The summed E-state index contributed by atoms with van der Waals surface area (Å²) in [5, 5.41) is 21.3. The monoisotopic (exact) mass is 377 g/mol. The van der Waals surface area contributed by atoms with Crippen LogP contribution in [0.2, 0.25) is 0 Å². The Bertz CT molecular complexity index is 1030. The first-order chi connectivity index (χ1) is 13.5. The lowest BCUT2D eigenvalue weighted by Crippen LogP contribution is -2.45. The molecule has 1 aliphatic rings. The second kappa shape index (κ2) is 6.58. The van der Waals surface area contributed by atoms with Crippen LogP contribution in [0.5, 0.6) is 17.2 Å². The first kappa shape index (κ1) is 17.9. The van der Waals surface area contributed by atoms with Gasteiger partial charge in [-0.05, 0) is 48.5 Å². The number of phenols is 1.